The molecule has 1 N–H and O–H groups in total. The second-order valence-corrected chi connectivity index (χ2v) is 6.86. The average molecular weight is 351 g/mol. The van der Waals surface area contributed by atoms with Gasteiger partial charge < -0.3 is 14.6 Å². The van der Waals surface area contributed by atoms with Crippen molar-refractivity contribution in [3.63, 3.8) is 0 Å². The highest BCUT2D eigenvalue weighted by molar-refractivity contribution is 5.13. The van der Waals surface area contributed by atoms with E-state index in [0.717, 1.165) is 18.6 Å². The first-order valence-electron chi connectivity index (χ1n) is 10.2. The van der Waals surface area contributed by atoms with Crippen molar-refractivity contribution >= 4 is 0 Å². The standard InChI is InChI=1S/C22H38O3/c1-2-3-4-5-6-7-8-9-10-14-17-25-22(18-23)20-24-19-21-15-12-11-13-16-21/h11-13,15-16,22-23H,2-10,14,17-20H2,1H3/t22-/m0/s1. The Morgan fingerprint density at radius 2 is 1.44 bits per heavy atom. The maximum Gasteiger partial charge on any atom is 0.104 e. The van der Waals surface area contributed by atoms with Crippen LogP contribution < -0.4 is 0 Å². The van der Waals surface area contributed by atoms with Crippen molar-refractivity contribution in [3.05, 3.63) is 35.9 Å². The van der Waals surface area contributed by atoms with Crippen LogP contribution in [0.3, 0.4) is 0 Å². The monoisotopic (exact) mass is 350 g/mol. The van der Waals surface area contributed by atoms with Gasteiger partial charge in [-0.25, -0.2) is 0 Å². The molecule has 0 fully saturated rings. The van der Waals surface area contributed by atoms with Gasteiger partial charge in [0.15, 0.2) is 0 Å². The molecule has 3 heteroatoms. The van der Waals surface area contributed by atoms with Gasteiger partial charge in [0.05, 0.1) is 19.8 Å². The molecule has 0 spiro atoms. The Balaban J connectivity index is 1.90. The summed E-state index contributed by atoms with van der Waals surface area (Å²) in [6.45, 7) is 4.02. The molecule has 0 aromatic heterocycles. The molecule has 1 aromatic carbocycles. The van der Waals surface area contributed by atoms with Gasteiger partial charge in [-0.15, -0.1) is 0 Å². The first-order chi connectivity index (χ1) is 12.4. The lowest BCUT2D eigenvalue weighted by atomic mass is 10.1. The Labute approximate surface area is 154 Å². The molecular formula is C22H38O3. The number of rotatable bonds is 17. The molecule has 1 rings (SSSR count). The van der Waals surface area contributed by atoms with Gasteiger partial charge in [0.2, 0.25) is 0 Å². The zero-order chi connectivity index (χ0) is 18.0. The minimum absolute atomic E-state index is 0.0204. The van der Waals surface area contributed by atoms with E-state index in [4.69, 9.17) is 9.47 Å². The average Bonchev–Trinajstić information content (AvgIpc) is 2.65. The summed E-state index contributed by atoms with van der Waals surface area (Å²) < 4.78 is 11.4. The van der Waals surface area contributed by atoms with Crippen LogP contribution in [0, 0.1) is 0 Å². The third-order valence-electron chi connectivity index (χ3n) is 4.47. The molecule has 0 amide bonds. The highest BCUT2D eigenvalue weighted by Gasteiger charge is 2.07. The van der Waals surface area contributed by atoms with Crippen molar-refractivity contribution in [3.8, 4) is 0 Å². The number of aliphatic hydroxyl groups is 1. The fourth-order valence-electron chi connectivity index (χ4n) is 2.88. The fraction of sp³-hybridized carbons (Fsp3) is 0.727. The van der Waals surface area contributed by atoms with E-state index in [-0.39, 0.29) is 12.7 Å². The summed E-state index contributed by atoms with van der Waals surface area (Å²) in [6.07, 6.45) is 13.0. The SMILES string of the molecule is CCCCCCCCCCCCO[C@@H](CO)COCc1ccccc1. The number of unbranched alkanes of at least 4 members (excludes halogenated alkanes) is 9. The van der Waals surface area contributed by atoms with Crippen LogP contribution in [0.25, 0.3) is 0 Å². The Morgan fingerprint density at radius 1 is 0.840 bits per heavy atom. The van der Waals surface area contributed by atoms with Gasteiger partial charge in [0.1, 0.15) is 6.10 Å². The van der Waals surface area contributed by atoms with Crippen LogP contribution in [0.15, 0.2) is 30.3 Å². The quantitative estimate of drug-likeness (QED) is 0.377. The lowest BCUT2D eigenvalue weighted by Crippen LogP contribution is -2.24. The Morgan fingerprint density at radius 3 is 2.04 bits per heavy atom. The molecule has 0 aliphatic carbocycles. The Hall–Kier alpha value is -0.900. The molecule has 0 saturated heterocycles. The number of ether oxygens (including phenoxy) is 2. The molecule has 0 radical (unpaired) electrons. The molecule has 1 aromatic rings. The molecule has 0 saturated carbocycles. The van der Waals surface area contributed by atoms with E-state index in [1.807, 2.05) is 30.3 Å². The predicted octanol–water partition coefficient (Wildman–Crippen LogP) is 5.50. The second-order valence-electron chi connectivity index (χ2n) is 6.86. The summed E-state index contributed by atoms with van der Waals surface area (Å²) in [6, 6.07) is 10.1. The summed E-state index contributed by atoms with van der Waals surface area (Å²) in [5.74, 6) is 0. The van der Waals surface area contributed by atoms with Crippen LogP contribution in [0.2, 0.25) is 0 Å². The molecule has 1 atom stereocenters. The van der Waals surface area contributed by atoms with E-state index in [1.54, 1.807) is 0 Å². The summed E-state index contributed by atoms with van der Waals surface area (Å²) in [5, 5.41) is 9.38. The van der Waals surface area contributed by atoms with Crippen LogP contribution >= 0.6 is 0 Å². The van der Waals surface area contributed by atoms with Gasteiger partial charge in [-0.2, -0.15) is 0 Å². The van der Waals surface area contributed by atoms with Crippen molar-refractivity contribution in [2.75, 3.05) is 19.8 Å². The van der Waals surface area contributed by atoms with E-state index >= 15 is 0 Å². The molecule has 0 aliphatic heterocycles. The van der Waals surface area contributed by atoms with Crippen molar-refractivity contribution in [1.82, 2.24) is 0 Å². The Kier molecular flexibility index (Phi) is 14.7. The van der Waals surface area contributed by atoms with Gasteiger partial charge in [0, 0.05) is 6.61 Å². The molecule has 0 bridgehead atoms. The largest absolute Gasteiger partial charge is 0.394 e. The van der Waals surface area contributed by atoms with E-state index in [9.17, 15) is 5.11 Å². The first kappa shape index (κ1) is 22.1. The van der Waals surface area contributed by atoms with Crippen molar-refractivity contribution in [2.24, 2.45) is 0 Å². The van der Waals surface area contributed by atoms with Crippen molar-refractivity contribution in [2.45, 2.75) is 83.8 Å². The summed E-state index contributed by atoms with van der Waals surface area (Å²) in [5.41, 5.74) is 1.15. The van der Waals surface area contributed by atoms with Gasteiger partial charge in [0.25, 0.3) is 0 Å². The van der Waals surface area contributed by atoms with E-state index in [2.05, 4.69) is 6.92 Å². The van der Waals surface area contributed by atoms with Gasteiger partial charge in [-0.05, 0) is 12.0 Å². The number of hydrogen-bond donors (Lipinski definition) is 1. The molecule has 144 valence electrons. The summed E-state index contributed by atoms with van der Waals surface area (Å²) >= 11 is 0. The topological polar surface area (TPSA) is 38.7 Å². The molecule has 0 aliphatic rings. The normalized spacial score (nSPS) is 12.4. The molecule has 0 unspecified atom stereocenters. The highest BCUT2D eigenvalue weighted by Crippen LogP contribution is 2.11. The predicted molar refractivity (Wildman–Crippen MR) is 105 cm³/mol. The van der Waals surface area contributed by atoms with E-state index < -0.39 is 0 Å². The lowest BCUT2D eigenvalue weighted by Gasteiger charge is -2.15. The summed E-state index contributed by atoms with van der Waals surface area (Å²) in [7, 11) is 0. The van der Waals surface area contributed by atoms with Crippen molar-refractivity contribution < 1.29 is 14.6 Å². The third-order valence-corrected chi connectivity index (χ3v) is 4.47. The molecular weight excluding hydrogens is 312 g/mol. The number of hydrogen-bond acceptors (Lipinski definition) is 3. The van der Waals surface area contributed by atoms with E-state index in [1.165, 1.54) is 57.8 Å². The van der Waals surface area contributed by atoms with Crippen LogP contribution in [0.4, 0.5) is 0 Å². The van der Waals surface area contributed by atoms with Gasteiger partial charge in [-0.1, -0.05) is 95.0 Å². The summed E-state index contributed by atoms with van der Waals surface area (Å²) in [4.78, 5) is 0. The third kappa shape index (κ3) is 13.0. The highest BCUT2D eigenvalue weighted by atomic mass is 16.5. The fourth-order valence-corrected chi connectivity index (χ4v) is 2.88. The molecule has 0 heterocycles. The van der Waals surface area contributed by atoms with Gasteiger partial charge in [-0.3, -0.25) is 0 Å². The lowest BCUT2D eigenvalue weighted by molar-refractivity contribution is -0.0473. The van der Waals surface area contributed by atoms with Crippen molar-refractivity contribution in [1.29, 1.82) is 0 Å². The maximum absolute atomic E-state index is 9.38. The zero-order valence-corrected chi connectivity index (χ0v) is 16.1. The van der Waals surface area contributed by atoms with E-state index in [0.29, 0.717) is 13.2 Å². The number of benzene rings is 1. The van der Waals surface area contributed by atoms with Crippen LogP contribution in [0.5, 0.6) is 0 Å². The second kappa shape index (κ2) is 16.6. The van der Waals surface area contributed by atoms with Gasteiger partial charge >= 0.3 is 0 Å². The van der Waals surface area contributed by atoms with Crippen LogP contribution in [0.1, 0.15) is 76.7 Å². The maximum atomic E-state index is 9.38. The molecule has 3 nitrogen and oxygen atoms in total. The Bertz CT molecular complexity index is 380. The van der Waals surface area contributed by atoms with Crippen LogP contribution in [-0.2, 0) is 16.1 Å². The first-order valence-corrected chi connectivity index (χ1v) is 10.2. The minimum atomic E-state index is -0.206. The number of aliphatic hydroxyl groups excluding tert-OH is 1. The minimum Gasteiger partial charge on any atom is -0.394 e. The molecule has 25 heavy (non-hydrogen) atoms. The smallest absolute Gasteiger partial charge is 0.104 e. The zero-order valence-electron chi connectivity index (χ0n) is 16.1. The van der Waals surface area contributed by atoms with Crippen LogP contribution in [-0.4, -0.2) is 31.0 Å².